The smallest absolute Gasteiger partial charge is 0.243 e. The van der Waals surface area contributed by atoms with Crippen molar-refractivity contribution in [1.82, 2.24) is 5.43 Å². The Balaban J connectivity index is 2.06. The van der Waals surface area contributed by atoms with Crippen molar-refractivity contribution in [2.75, 3.05) is 0 Å². The third-order valence-electron chi connectivity index (χ3n) is 2.38. The van der Waals surface area contributed by atoms with Crippen LogP contribution in [-0.4, -0.2) is 17.2 Å². The van der Waals surface area contributed by atoms with E-state index in [4.69, 9.17) is 0 Å². The van der Waals surface area contributed by atoms with E-state index >= 15 is 0 Å². The summed E-state index contributed by atoms with van der Waals surface area (Å²) in [4.78, 5) is 11.3. The van der Waals surface area contributed by atoms with Crippen molar-refractivity contribution in [3.05, 3.63) is 26.6 Å². The molecule has 17 heavy (non-hydrogen) atoms. The zero-order chi connectivity index (χ0) is 12.4. The molecule has 90 valence electrons. The average molecular weight is 362 g/mol. The van der Waals surface area contributed by atoms with E-state index in [9.17, 15) is 9.90 Å². The number of aromatic hydroxyl groups is 1. The van der Waals surface area contributed by atoms with E-state index in [0.29, 0.717) is 10.0 Å². The molecule has 1 fully saturated rings. The van der Waals surface area contributed by atoms with Gasteiger partial charge in [-0.3, -0.25) is 4.79 Å². The molecule has 2 rings (SSSR count). The van der Waals surface area contributed by atoms with Gasteiger partial charge in [0.2, 0.25) is 5.91 Å². The number of amides is 1. The van der Waals surface area contributed by atoms with Crippen molar-refractivity contribution in [3.8, 4) is 5.75 Å². The fourth-order valence-corrected chi connectivity index (χ4v) is 2.54. The molecular formula is C11H10Br2N2O2. The summed E-state index contributed by atoms with van der Waals surface area (Å²) in [6.07, 6.45) is 3.30. The molecule has 1 saturated carbocycles. The van der Waals surface area contributed by atoms with Crippen molar-refractivity contribution in [2.45, 2.75) is 12.8 Å². The van der Waals surface area contributed by atoms with E-state index in [1.807, 2.05) is 0 Å². The molecule has 1 aliphatic carbocycles. The second-order valence-electron chi connectivity index (χ2n) is 3.83. The summed E-state index contributed by atoms with van der Waals surface area (Å²) in [5.41, 5.74) is 2.98. The number of phenolic OH excluding ortho intramolecular Hbond substituents is 1. The molecule has 1 amide bonds. The highest BCUT2D eigenvalue weighted by molar-refractivity contribution is 9.11. The van der Waals surface area contributed by atoms with E-state index in [2.05, 4.69) is 42.4 Å². The van der Waals surface area contributed by atoms with Crippen LogP contribution in [0, 0.1) is 5.92 Å². The topological polar surface area (TPSA) is 61.7 Å². The van der Waals surface area contributed by atoms with Gasteiger partial charge in [0.25, 0.3) is 0 Å². The number of carbonyl (C=O) groups is 1. The molecular weight excluding hydrogens is 352 g/mol. The van der Waals surface area contributed by atoms with Gasteiger partial charge in [-0.05, 0) is 40.9 Å². The van der Waals surface area contributed by atoms with Gasteiger partial charge >= 0.3 is 0 Å². The van der Waals surface area contributed by atoms with Crippen molar-refractivity contribution < 1.29 is 9.90 Å². The third kappa shape index (κ3) is 3.29. The lowest BCUT2D eigenvalue weighted by Gasteiger charge is -2.02. The maximum absolute atomic E-state index is 11.3. The number of hydrazone groups is 1. The standard InChI is InChI=1S/C11H10Br2N2O2/c12-8-3-7(10(16)9(13)4-8)5-14-15-11(17)6-1-2-6/h3-6,16H,1-2H2,(H,15,17)/b14-5+. The summed E-state index contributed by atoms with van der Waals surface area (Å²) in [5.74, 6) is 0.155. The Hall–Kier alpha value is -0.880. The van der Waals surface area contributed by atoms with Crippen LogP contribution in [0.15, 0.2) is 26.2 Å². The molecule has 0 heterocycles. The first-order valence-corrected chi connectivity index (χ1v) is 6.67. The van der Waals surface area contributed by atoms with Crippen LogP contribution < -0.4 is 5.43 Å². The molecule has 2 N–H and O–H groups in total. The predicted molar refractivity (Wildman–Crippen MR) is 72.0 cm³/mol. The molecule has 1 aromatic carbocycles. The highest BCUT2D eigenvalue weighted by Crippen LogP contribution is 2.31. The summed E-state index contributed by atoms with van der Waals surface area (Å²) in [6.45, 7) is 0. The van der Waals surface area contributed by atoms with Crippen LogP contribution in [0.1, 0.15) is 18.4 Å². The van der Waals surface area contributed by atoms with Crippen molar-refractivity contribution >= 4 is 44.0 Å². The van der Waals surface area contributed by atoms with Crippen LogP contribution in [-0.2, 0) is 4.79 Å². The van der Waals surface area contributed by atoms with Crippen LogP contribution in [0.3, 0.4) is 0 Å². The van der Waals surface area contributed by atoms with Crippen LogP contribution in [0.25, 0.3) is 0 Å². The number of nitrogens with zero attached hydrogens (tertiary/aromatic N) is 1. The van der Waals surface area contributed by atoms with Gasteiger partial charge < -0.3 is 5.11 Å². The Kier molecular flexibility index (Phi) is 3.83. The Morgan fingerprint density at radius 3 is 2.82 bits per heavy atom. The van der Waals surface area contributed by atoms with Crippen molar-refractivity contribution in [2.24, 2.45) is 11.0 Å². The number of carbonyl (C=O) groups excluding carboxylic acids is 1. The van der Waals surface area contributed by atoms with Gasteiger partial charge in [0, 0.05) is 16.0 Å². The molecule has 0 spiro atoms. The van der Waals surface area contributed by atoms with Crippen LogP contribution in [0.2, 0.25) is 0 Å². The maximum atomic E-state index is 11.3. The normalized spacial score (nSPS) is 15.2. The Labute approximate surface area is 115 Å². The molecule has 0 radical (unpaired) electrons. The molecule has 0 aliphatic heterocycles. The summed E-state index contributed by atoms with van der Waals surface area (Å²) < 4.78 is 1.39. The molecule has 4 nitrogen and oxygen atoms in total. The first-order chi connectivity index (χ1) is 8.08. The third-order valence-corrected chi connectivity index (χ3v) is 3.45. The first-order valence-electron chi connectivity index (χ1n) is 5.09. The summed E-state index contributed by atoms with van der Waals surface area (Å²) in [6, 6.07) is 3.45. The second kappa shape index (κ2) is 5.18. The summed E-state index contributed by atoms with van der Waals surface area (Å²) in [7, 11) is 0. The Morgan fingerprint density at radius 1 is 1.47 bits per heavy atom. The van der Waals surface area contributed by atoms with Crippen molar-refractivity contribution in [1.29, 1.82) is 0 Å². The minimum absolute atomic E-state index is 0.0604. The van der Waals surface area contributed by atoms with Crippen LogP contribution >= 0.6 is 31.9 Å². The number of nitrogens with one attached hydrogen (secondary N) is 1. The predicted octanol–water partition coefficient (Wildman–Crippen LogP) is 2.78. The molecule has 0 atom stereocenters. The minimum Gasteiger partial charge on any atom is -0.506 e. The lowest BCUT2D eigenvalue weighted by atomic mass is 10.2. The quantitative estimate of drug-likeness (QED) is 0.642. The fourth-order valence-electron chi connectivity index (χ4n) is 1.29. The Morgan fingerprint density at radius 2 is 2.18 bits per heavy atom. The van der Waals surface area contributed by atoms with Gasteiger partial charge in [-0.15, -0.1) is 0 Å². The molecule has 0 aromatic heterocycles. The summed E-state index contributed by atoms with van der Waals surface area (Å²) >= 11 is 6.53. The zero-order valence-electron chi connectivity index (χ0n) is 8.78. The van der Waals surface area contributed by atoms with Gasteiger partial charge in [-0.2, -0.15) is 5.10 Å². The average Bonchev–Trinajstić information content (AvgIpc) is 3.08. The number of phenols is 1. The van der Waals surface area contributed by atoms with Crippen LogP contribution in [0.5, 0.6) is 5.75 Å². The van der Waals surface area contributed by atoms with Gasteiger partial charge in [-0.1, -0.05) is 15.9 Å². The maximum Gasteiger partial charge on any atom is 0.243 e. The van der Waals surface area contributed by atoms with Gasteiger partial charge in [0.05, 0.1) is 10.7 Å². The van der Waals surface area contributed by atoms with Gasteiger partial charge in [0.1, 0.15) is 5.75 Å². The molecule has 0 unspecified atom stereocenters. The van der Waals surface area contributed by atoms with E-state index < -0.39 is 0 Å². The largest absolute Gasteiger partial charge is 0.506 e. The second-order valence-corrected chi connectivity index (χ2v) is 5.60. The van der Waals surface area contributed by atoms with E-state index in [1.54, 1.807) is 12.1 Å². The molecule has 0 saturated heterocycles. The lowest BCUT2D eigenvalue weighted by Crippen LogP contribution is -2.18. The highest BCUT2D eigenvalue weighted by atomic mass is 79.9. The first kappa shape index (κ1) is 12.6. The summed E-state index contributed by atoms with van der Waals surface area (Å²) in [5, 5.41) is 13.6. The minimum atomic E-state index is -0.0604. The molecule has 0 bridgehead atoms. The molecule has 6 heteroatoms. The zero-order valence-corrected chi connectivity index (χ0v) is 12.0. The number of halogens is 2. The number of rotatable bonds is 3. The highest BCUT2D eigenvalue weighted by Gasteiger charge is 2.29. The van der Waals surface area contributed by atoms with Crippen molar-refractivity contribution in [3.63, 3.8) is 0 Å². The van der Waals surface area contributed by atoms with Gasteiger partial charge in [-0.25, -0.2) is 5.43 Å². The van der Waals surface area contributed by atoms with E-state index in [0.717, 1.165) is 17.3 Å². The van der Waals surface area contributed by atoms with Crippen LogP contribution in [0.4, 0.5) is 0 Å². The van der Waals surface area contributed by atoms with E-state index in [-0.39, 0.29) is 17.6 Å². The monoisotopic (exact) mass is 360 g/mol. The fraction of sp³-hybridized carbons (Fsp3) is 0.273. The molecule has 1 aromatic rings. The Bertz CT molecular complexity index is 485. The number of hydrogen-bond acceptors (Lipinski definition) is 3. The number of hydrogen-bond donors (Lipinski definition) is 2. The van der Waals surface area contributed by atoms with E-state index in [1.165, 1.54) is 6.21 Å². The lowest BCUT2D eigenvalue weighted by molar-refractivity contribution is -0.122. The molecule has 1 aliphatic rings. The SMILES string of the molecule is O=C(N/N=C/c1cc(Br)cc(Br)c1O)C1CC1. The van der Waals surface area contributed by atoms with Gasteiger partial charge in [0.15, 0.2) is 0 Å². The number of benzene rings is 1.